The fourth-order valence-electron chi connectivity index (χ4n) is 5.41. The van der Waals surface area contributed by atoms with Crippen LogP contribution in [0.25, 0.3) is 10.9 Å². The Hall–Kier alpha value is -2.50. The van der Waals surface area contributed by atoms with Gasteiger partial charge in [-0.3, -0.25) is 4.79 Å². The fraction of sp³-hybridized carbons (Fsp3) is 0.444. The van der Waals surface area contributed by atoms with Crippen LogP contribution < -0.4 is 4.74 Å². The Kier molecular flexibility index (Phi) is 6.61. The van der Waals surface area contributed by atoms with Crippen molar-refractivity contribution >= 4 is 28.4 Å². The Morgan fingerprint density at radius 2 is 1.67 bits per heavy atom. The predicted octanol–water partition coefficient (Wildman–Crippen LogP) is 5.50. The number of carbonyl (C=O) groups is 1. The first-order valence-corrected chi connectivity index (χ1v) is 12.5. The van der Waals surface area contributed by atoms with Gasteiger partial charge in [0.2, 0.25) is 0 Å². The van der Waals surface area contributed by atoms with Crippen LogP contribution in [-0.2, 0) is 13.7 Å². The average Bonchev–Trinajstić information content (AvgIpc) is 3.15. The van der Waals surface area contributed by atoms with E-state index in [4.69, 9.17) is 16.3 Å². The molecule has 0 unspecified atom stereocenters. The van der Waals surface area contributed by atoms with Gasteiger partial charge in [-0.15, -0.1) is 0 Å². The van der Waals surface area contributed by atoms with Crippen molar-refractivity contribution in [1.82, 2.24) is 14.4 Å². The number of fused-ring (bicyclic) bond motifs is 1. The second-order valence-corrected chi connectivity index (χ2v) is 9.70. The van der Waals surface area contributed by atoms with E-state index in [1.165, 1.54) is 32.4 Å². The van der Waals surface area contributed by atoms with Gasteiger partial charge in [0, 0.05) is 42.1 Å². The third-order valence-electron chi connectivity index (χ3n) is 7.29. The van der Waals surface area contributed by atoms with Gasteiger partial charge in [0.05, 0.1) is 11.3 Å². The number of likely N-dealkylation sites (tertiary alicyclic amines) is 2. The second-order valence-electron chi connectivity index (χ2n) is 9.26. The Bertz CT molecular complexity index is 1110. The van der Waals surface area contributed by atoms with Crippen molar-refractivity contribution in [3.05, 3.63) is 64.8 Å². The first-order valence-electron chi connectivity index (χ1n) is 12.1. The Morgan fingerprint density at radius 3 is 2.39 bits per heavy atom. The van der Waals surface area contributed by atoms with E-state index in [-0.39, 0.29) is 5.91 Å². The molecule has 2 fully saturated rings. The predicted molar refractivity (Wildman–Crippen MR) is 133 cm³/mol. The number of ether oxygens (including phenoxy) is 1. The van der Waals surface area contributed by atoms with Crippen molar-refractivity contribution in [2.24, 2.45) is 7.05 Å². The van der Waals surface area contributed by atoms with Crippen LogP contribution in [0.3, 0.4) is 0 Å². The summed E-state index contributed by atoms with van der Waals surface area (Å²) in [5, 5.41) is 1.67. The molecule has 33 heavy (non-hydrogen) atoms. The number of benzene rings is 2. The fourth-order valence-corrected chi connectivity index (χ4v) is 5.54. The lowest BCUT2D eigenvalue weighted by atomic mass is 9.99. The maximum absolute atomic E-state index is 13.8. The number of aryl methyl sites for hydroxylation is 1. The largest absolute Gasteiger partial charge is 0.487 e. The summed E-state index contributed by atoms with van der Waals surface area (Å²) >= 11 is 6.01. The second kappa shape index (κ2) is 9.78. The molecule has 5 nitrogen and oxygen atoms in total. The van der Waals surface area contributed by atoms with Crippen LogP contribution in [0, 0.1) is 0 Å². The lowest BCUT2D eigenvalue weighted by molar-refractivity contribution is 0.0589. The lowest BCUT2D eigenvalue weighted by Gasteiger charge is -2.40. The number of rotatable bonds is 5. The lowest BCUT2D eigenvalue weighted by Crippen LogP contribution is -2.48. The SMILES string of the molecule is Cn1c(COc2ccc(Cl)cc2)c(C(=O)N2CCC(N3CCCCC3)CC2)c2ccccc21. The van der Waals surface area contributed by atoms with Gasteiger partial charge < -0.3 is 19.1 Å². The number of para-hydroxylation sites is 1. The van der Waals surface area contributed by atoms with Crippen LogP contribution in [0.2, 0.25) is 5.02 Å². The molecule has 0 spiro atoms. The zero-order valence-electron chi connectivity index (χ0n) is 19.3. The quantitative estimate of drug-likeness (QED) is 0.499. The summed E-state index contributed by atoms with van der Waals surface area (Å²) in [5.74, 6) is 0.865. The molecule has 6 heteroatoms. The van der Waals surface area contributed by atoms with Crippen molar-refractivity contribution in [1.29, 1.82) is 0 Å². The number of nitrogens with zero attached hydrogens (tertiary/aromatic N) is 3. The van der Waals surface area contributed by atoms with E-state index in [0.717, 1.165) is 53.8 Å². The van der Waals surface area contributed by atoms with Gasteiger partial charge in [0.1, 0.15) is 12.4 Å². The highest BCUT2D eigenvalue weighted by Crippen LogP contribution is 2.30. The van der Waals surface area contributed by atoms with Gasteiger partial charge in [-0.05, 0) is 69.1 Å². The van der Waals surface area contributed by atoms with Crippen LogP contribution in [0.4, 0.5) is 0 Å². The highest BCUT2D eigenvalue weighted by Gasteiger charge is 2.31. The van der Waals surface area contributed by atoms with Crippen LogP contribution >= 0.6 is 11.6 Å². The van der Waals surface area contributed by atoms with Crippen LogP contribution in [0.1, 0.15) is 48.2 Å². The number of hydrogen-bond donors (Lipinski definition) is 0. The minimum absolute atomic E-state index is 0.124. The van der Waals surface area contributed by atoms with Crippen molar-refractivity contribution in [2.45, 2.75) is 44.8 Å². The molecule has 2 aromatic carbocycles. The zero-order chi connectivity index (χ0) is 22.8. The first-order chi connectivity index (χ1) is 16.1. The summed E-state index contributed by atoms with van der Waals surface area (Å²) in [5.41, 5.74) is 2.74. The van der Waals surface area contributed by atoms with Crippen molar-refractivity contribution in [2.75, 3.05) is 26.2 Å². The number of aromatic nitrogens is 1. The van der Waals surface area contributed by atoms with E-state index in [9.17, 15) is 4.79 Å². The molecule has 1 aromatic heterocycles. The smallest absolute Gasteiger partial charge is 0.256 e. The summed E-state index contributed by atoms with van der Waals surface area (Å²) in [6, 6.07) is 16.1. The molecule has 3 aromatic rings. The van der Waals surface area contributed by atoms with E-state index in [2.05, 4.69) is 21.6 Å². The number of carbonyl (C=O) groups excluding carboxylic acids is 1. The van der Waals surface area contributed by atoms with Crippen LogP contribution in [0.5, 0.6) is 5.75 Å². The molecular weight excluding hydrogens is 434 g/mol. The van der Waals surface area contributed by atoms with E-state index in [1.54, 1.807) is 0 Å². The standard InChI is InChI=1S/C27H32ClN3O2/c1-29-24-8-4-3-7-23(24)26(25(29)19-33-22-11-9-20(28)10-12-22)27(32)31-17-13-21(14-18-31)30-15-5-2-6-16-30/h3-4,7-12,21H,2,5-6,13-19H2,1H3. The van der Waals surface area contributed by atoms with Gasteiger partial charge in [-0.25, -0.2) is 0 Å². The summed E-state index contributed by atoms with van der Waals surface area (Å²) in [6.07, 6.45) is 6.11. The molecular formula is C27H32ClN3O2. The molecule has 0 bridgehead atoms. The first kappa shape index (κ1) is 22.3. The minimum Gasteiger partial charge on any atom is -0.487 e. The maximum atomic E-state index is 13.8. The van der Waals surface area contributed by atoms with Crippen molar-refractivity contribution in [3.63, 3.8) is 0 Å². The van der Waals surface area contributed by atoms with Gasteiger partial charge in [-0.2, -0.15) is 0 Å². The number of halogens is 1. The number of piperidine rings is 2. The molecule has 0 radical (unpaired) electrons. The third kappa shape index (κ3) is 4.62. The maximum Gasteiger partial charge on any atom is 0.256 e. The number of amides is 1. The van der Waals surface area contributed by atoms with Gasteiger partial charge >= 0.3 is 0 Å². The van der Waals surface area contributed by atoms with Gasteiger partial charge in [0.15, 0.2) is 0 Å². The van der Waals surface area contributed by atoms with E-state index in [1.807, 2.05) is 48.3 Å². The van der Waals surface area contributed by atoms with Crippen LogP contribution in [0.15, 0.2) is 48.5 Å². The van der Waals surface area contributed by atoms with Crippen molar-refractivity contribution < 1.29 is 9.53 Å². The summed E-state index contributed by atoms with van der Waals surface area (Å²) < 4.78 is 8.17. The highest BCUT2D eigenvalue weighted by atomic mass is 35.5. The summed E-state index contributed by atoms with van der Waals surface area (Å²) in [7, 11) is 2.02. The molecule has 2 aliphatic rings. The minimum atomic E-state index is 0.124. The summed E-state index contributed by atoms with van der Waals surface area (Å²) in [4.78, 5) is 18.5. The molecule has 0 N–H and O–H groups in total. The van der Waals surface area contributed by atoms with E-state index >= 15 is 0 Å². The van der Waals surface area contributed by atoms with E-state index in [0.29, 0.717) is 17.7 Å². The van der Waals surface area contributed by atoms with Crippen LogP contribution in [-0.4, -0.2) is 52.5 Å². The zero-order valence-corrected chi connectivity index (χ0v) is 20.1. The Balaban J connectivity index is 1.37. The topological polar surface area (TPSA) is 37.7 Å². The molecule has 0 saturated carbocycles. The molecule has 0 atom stereocenters. The molecule has 0 aliphatic carbocycles. The molecule has 1 amide bonds. The van der Waals surface area contributed by atoms with Crippen molar-refractivity contribution in [3.8, 4) is 5.75 Å². The monoisotopic (exact) mass is 465 g/mol. The molecule has 3 heterocycles. The van der Waals surface area contributed by atoms with Gasteiger partial charge in [0.25, 0.3) is 5.91 Å². The third-order valence-corrected chi connectivity index (χ3v) is 7.54. The number of hydrogen-bond acceptors (Lipinski definition) is 3. The Morgan fingerprint density at radius 1 is 0.970 bits per heavy atom. The molecule has 2 aliphatic heterocycles. The normalized spacial score (nSPS) is 18.1. The molecule has 174 valence electrons. The van der Waals surface area contributed by atoms with Gasteiger partial charge in [-0.1, -0.05) is 36.2 Å². The summed E-state index contributed by atoms with van der Waals surface area (Å²) in [6.45, 7) is 4.40. The Labute approximate surface area is 200 Å². The molecule has 5 rings (SSSR count). The van der Waals surface area contributed by atoms with E-state index < -0.39 is 0 Å². The highest BCUT2D eigenvalue weighted by molar-refractivity contribution is 6.30. The molecule has 2 saturated heterocycles. The average molecular weight is 466 g/mol.